The van der Waals surface area contributed by atoms with Crippen LogP contribution in [-0.2, 0) is 30.8 Å². The lowest BCUT2D eigenvalue weighted by Gasteiger charge is -2.30. The Bertz CT molecular complexity index is 1250. The highest BCUT2D eigenvalue weighted by Crippen LogP contribution is 2.37. The first-order valence-corrected chi connectivity index (χ1v) is 13.5. The van der Waals surface area contributed by atoms with Gasteiger partial charge in [0.1, 0.15) is 6.04 Å². The predicted molar refractivity (Wildman–Crippen MR) is 119 cm³/mol. The van der Waals surface area contributed by atoms with Gasteiger partial charge in [0.25, 0.3) is 0 Å². The molecule has 2 aromatic carbocycles. The maximum Gasteiger partial charge on any atom is 0.417 e. The second kappa shape index (κ2) is 9.51. The monoisotopic (exact) mass is 526 g/mol. The van der Waals surface area contributed by atoms with Gasteiger partial charge in [-0.05, 0) is 49.7 Å². The first-order chi connectivity index (χ1) is 14.9. The van der Waals surface area contributed by atoms with Crippen LogP contribution in [0.3, 0.4) is 0 Å². The third-order valence-electron chi connectivity index (χ3n) is 4.77. The Labute approximate surface area is 195 Å². The van der Waals surface area contributed by atoms with Crippen LogP contribution in [-0.4, -0.2) is 41.3 Å². The van der Waals surface area contributed by atoms with Crippen molar-refractivity contribution in [2.75, 3.05) is 16.8 Å². The summed E-state index contributed by atoms with van der Waals surface area (Å²) >= 11 is 5.61. The standard InChI is InChI=1S/C20H22ClF3N2O5S2/c1-12(14-5-8-16(9-6-14)32(3,28)29)25-19(27)13(2)26(33(4,30)31)15-7-10-18(21)17(11-15)20(22,23)24/h5-13H,1-4H3,(H,25,27). The first-order valence-electron chi connectivity index (χ1n) is 9.39. The van der Waals surface area contributed by atoms with Gasteiger partial charge in [-0.15, -0.1) is 0 Å². The molecule has 182 valence electrons. The molecule has 1 amide bonds. The lowest BCUT2D eigenvalue weighted by molar-refractivity contribution is -0.137. The van der Waals surface area contributed by atoms with Crippen molar-refractivity contribution < 1.29 is 34.8 Å². The maximum absolute atomic E-state index is 13.2. The quantitative estimate of drug-likeness (QED) is 0.591. The highest BCUT2D eigenvalue weighted by molar-refractivity contribution is 7.92. The zero-order valence-corrected chi connectivity index (χ0v) is 20.4. The summed E-state index contributed by atoms with van der Waals surface area (Å²) < 4.78 is 88.2. The van der Waals surface area contributed by atoms with Crippen molar-refractivity contribution in [3.63, 3.8) is 0 Å². The van der Waals surface area contributed by atoms with E-state index in [2.05, 4.69) is 5.32 Å². The van der Waals surface area contributed by atoms with Crippen LogP contribution in [0, 0.1) is 0 Å². The molecule has 0 bridgehead atoms. The van der Waals surface area contributed by atoms with Crippen LogP contribution in [0.5, 0.6) is 0 Å². The Hall–Kier alpha value is -2.31. The summed E-state index contributed by atoms with van der Waals surface area (Å²) in [6, 6.07) is 6.23. The summed E-state index contributed by atoms with van der Waals surface area (Å²) in [4.78, 5) is 12.9. The smallest absolute Gasteiger partial charge is 0.348 e. The normalized spacial score (nSPS) is 14.4. The fourth-order valence-corrected chi connectivity index (χ4v) is 5.12. The summed E-state index contributed by atoms with van der Waals surface area (Å²) in [6.45, 7) is 2.83. The number of carbonyl (C=O) groups excluding carboxylic acids is 1. The van der Waals surface area contributed by atoms with Gasteiger partial charge < -0.3 is 5.32 Å². The van der Waals surface area contributed by atoms with Gasteiger partial charge in [-0.25, -0.2) is 16.8 Å². The second-order valence-corrected chi connectivity index (χ2v) is 11.8. The van der Waals surface area contributed by atoms with E-state index < -0.39 is 54.6 Å². The number of hydrogen-bond acceptors (Lipinski definition) is 5. The highest BCUT2D eigenvalue weighted by Gasteiger charge is 2.36. The number of alkyl halides is 3. The van der Waals surface area contributed by atoms with Crippen molar-refractivity contribution >= 4 is 43.1 Å². The van der Waals surface area contributed by atoms with Crippen molar-refractivity contribution in [3.05, 3.63) is 58.6 Å². The summed E-state index contributed by atoms with van der Waals surface area (Å²) in [5.74, 6) is -0.774. The Morgan fingerprint density at radius 2 is 1.55 bits per heavy atom. The summed E-state index contributed by atoms with van der Waals surface area (Å²) in [7, 11) is -7.57. The van der Waals surface area contributed by atoms with Crippen LogP contribution in [0.1, 0.15) is 31.0 Å². The molecule has 2 aromatic rings. The lowest BCUT2D eigenvalue weighted by Crippen LogP contribution is -2.48. The van der Waals surface area contributed by atoms with Crippen LogP contribution in [0.25, 0.3) is 0 Å². The number of sulfone groups is 1. The van der Waals surface area contributed by atoms with Crippen molar-refractivity contribution in [2.45, 2.75) is 37.0 Å². The average molecular weight is 527 g/mol. The predicted octanol–water partition coefficient (Wildman–Crippen LogP) is 3.79. The van der Waals surface area contributed by atoms with Crippen LogP contribution in [0.4, 0.5) is 18.9 Å². The van der Waals surface area contributed by atoms with E-state index in [9.17, 15) is 34.8 Å². The zero-order valence-electron chi connectivity index (χ0n) is 18.0. The van der Waals surface area contributed by atoms with E-state index in [0.29, 0.717) is 15.9 Å². The average Bonchev–Trinajstić information content (AvgIpc) is 2.66. The molecule has 0 aliphatic rings. The van der Waals surface area contributed by atoms with Gasteiger partial charge in [0, 0.05) is 6.26 Å². The maximum atomic E-state index is 13.2. The van der Waals surface area contributed by atoms with E-state index in [-0.39, 0.29) is 10.6 Å². The SMILES string of the molecule is CC(NC(=O)C(C)N(c1ccc(Cl)c(C(F)(F)F)c1)S(C)(=O)=O)c1ccc(S(C)(=O)=O)cc1. The van der Waals surface area contributed by atoms with Crippen molar-refractivity contribution in [1.82, 2.24) is 5.32 Å². The minimum absolute atomic E-state index is 0.0876. The van der Waals surface area contributed by atoms with E-state index in [1.807, 2.05) is 0 Å². The number of sulfonamides is 1. The molecule has 1 N–H and O–H groups in total. The van der Waals surface area contributed by atoms with E-state index in [1.165, 1.54) is 31.2 Å². The number of amides is 1. The number of nitrogens with zero attached hydrogens (tertiary/aromatic N) is 1. The number of halogens is 4. The molecule has 0 saturated heterocycles. The van der Waals surface area contributed by atoms with Crippen molar-refractivity contribution in [3.8, 4) is 0 Å². The molecule has 0 fully saturated rings. The van der Waals surface area contributed by atoms with Crippen molar-refractivity contribution in [2.24, 2.45) is 0 Å². The van der Waals surface area contributed by atoms with Crippen LogP contribution >= 0.6 is 11.6 Å². The van der Waals surface area contributed by atoms with E-state index in [1.54, 1.807) is 6.92 Å². The van der Waals surface area contributed by atoms with Crippen LogP contribution in [0.2, 0.25) is 5.02 Å². The molecule has 0 aromatic heterocycles. The zero-order chi connectivity index (χ0) is 25.4. The second-order valence-electron chi connectivity index (χ2n) is 7.47. The molecule has 0 heterocycles. The Balaban J connectivity index is 2.33. The fourth-order valence-electron chi connectivity index (χ4n) is 3.10. The summed E-state index contributed by atoms with van der Waals surface area (Å²) in [6.07, 6.45) is -3.00. The van der Waals surface area contributed by atoms with Crippen LogP contribution < -0.4 is 9.62 Å². The summed E-state index contributed by atoms with van der Waals surface area (Å²) in [5.41, 5.74) is -1.07. The lowest BCUT2D eigenvalue weighted by atomic mass is 10.1. The topological polar surface area (TPSA) is 101 Å². The van der Waals surface area contributed by atoms with Gasteiger partial charge in [-0.2, -0.15) is 13.2 Å². The minimum Gasteiger partial charge on any atom is -0.348 e. The molecule has 0 radical (unpaired) electrons. The molecule has 2 atom stereocenters. The molecule has 0 spiro atoms. The Morgan fingerprint density at radius 3 is 2.00 bits per heavy atom. The number of rotatable bonds is 7. The van der Waals surface area contributed by atoms with Gasteiger partial charge in [-0.1, -0.05) is 23.7 Å². The molecule has 33 heavy (non-hydrogen) atoms. The molecular weight excluding hydrogens is 505 g/mol. The van der Waals surface area contributed by atoms with Gasteiger partial charge in [-0.3, -0.25) is 9.10 Å². The summed E-state index contributed by atoms with van der Waals surface area (Å²) in [5, 5.41) is 1.98. The van der Waals surface area contributed by atoms with Gasteiger partial charge >= 0.3 is 6.18 Å². The largest absolute Gasteiger partial charge is 0.417 e. The molecule has 0 saturated carbocycles. The van der Waals surface area contributed by atoms with Crippen molar-refractivity contribution in [1.29, 1.82) is 0 Å². The third-order valence-corrected chi connectivity index (χ3v) is 7.47. The van der Waals surface area contributed by atoms with E-state index in [4.69, 9.17) is 11.6 Å². The number of nitrogens with one attached hydrogen (secondary N) is 1. The molecule has 13 heteroatoms. The molecule has 0 aliphatic carbocycles. The number of anilines is 1. The molecular formula is C20H22ClF3N2O5S2. The van der Waals surface area contributed by atoms with Gasteiger partial charge in [0.05, 0.1) is 33.5 Å². The molecule has 0 aliphatic heterocycles. The van der Waals surface area contributed by atoms with E-state index >= 15 is 0 Å². The van der Waals surface area contributed by atoms with Crippen LogP contribution in [0.15, 0.2) is 47.4 Å². The fraction of sp³-hybridized carbons (Fsp3) is 0.350. The Kier molecular flexibility index (Phi) is 7.76. The number of carbonyl (C=O) groups is 1. The molecule has 2 rings (SSSR count). The highest BCUT2D eigenvalue weighted by atomic mass is 35.5. The minimum atomic E-state index is -4.82. The first kappa shape index (κ1) is 26.9. The van der Waals surface area contributed by atoms with Gasteiger partial charge in [0.15, 0.2) is 9.84 Å². The number of benzene rings is 2. The van der Waals surface area contributed by atoms with Gasteiger partial charge in [0.2, 0.25) is 15.9 Å². The third kappa shape index (κ3) is 6.61. The number of hydrogen-bond donors (Lipinski definition) is 1. The molecule has 2 unspecified atom stereocenters. The Morgan fingerprint density at radius 1 is 1.00 bits per heavy atom. The van der Waals surface area contributed by atoms with E-state index in [0.717, 1.165) is 24.6 Å². The molecule has 7 nitrogen and oxygen atoms in total.